The van der Waals surface area contributed by atoms with E-state index >= 15 is 0 Å². The van der Waals surface area contributed by atoms with E-state index in [0.29, 0.717) is 25.5 Å². The zero-order valence-corrected chi connectivity index (χ0v) is 12.7. The first-order valence-electron chi connectivity index (χ1n) is 7.65. The highest BCUT2D eigenvalue weighted by atomic mass is 19.1. The van der Waals surface area contributed by atoms with E-state index in [1.54, 1.807) is 0 Å². The Kier molecular flexibility index (Phi) is 4.39. The monoisotopic (exact) mass is 301 g/mol. The minimum absolute atomic E-state index is 0.0395. The van der Waals surface area contributed by atoms with Gasteiger partial charge in [-0.15, -0.1) is 0 Å². The molecule has 0 amide bonds. The summed E-state index contributed by atoms with van der Waals surface area (Å²) in [7, 11) is 1.91. The topological polar surface area (TPSA) is 48.6 Å². The Bertz CT molecular complexity index is 587. The van der Waals surface area contributed by atoms with E-state index in [9.17, 15) is 4.39 Å². The molecule has 0 N–H and O–H groups in total. The maximum Gasteiger partial charge on any atom is 0.213 e. The molecule has 5 heteroatoms. The summed E-state index contributed by atoms with van der Waals surface area (Å²) in [6, 6.07) is 2.27. The van der Waals surface area contributed by atoms with E-state index in [2.05, 4.69) is 23.2 Å². The first-order valence-corrected chi connectivity index (χ1v) is 7.65. The van der Waals surface area contributed by atoms with E-state index in [0.717, 1.165) is 5.57 Å². The summed E-state index contributed by atoms with van der Waals surface area (Å²) in [6.07, 6.45) is 10.2. The van der Waals surface area contributed by atoms with Crippen LogP contribution >= 0.6 is 0 Å². The van der Waals surface area contributed by atoms with E-state index in [4.69, 9.17) is 10.00 Å². The van der Waals surface area contributed by atoms with Crippen LogP contribution in [-0.2, 0) is 4.74 Å². The molecule has 0 spiro atoms. The van der Waals surface area contributed by atoms with Crippen LogP contribution in [0.4, 0.5) is 4.39 Å². The molecule has 0 radical (unpaired) electrons. The van der Waals surface area contributed by atoms with E-state index in [1.807, 2.05) is 30.2 Å². The van der Waals surface area contributed by atoms with Crippen molar-refractivity contribution in [1.82, 2.24) is 4.90 Å². The summed E-state index contributed by atoms with van der Waals surface area (Å²) < 4.78 is 19.3. The van der Waals surface area contributed by atoms with Gasteiger partial charge in [-0.25, -0.2) is 9.38 Å². The van der Waals surface area contributed by atoms with Crippen LogP contribution in [0.25, 0.3) is 0 Å². The first kappa shape index (κ1) is 15.0. The summed E-state index contributed by atoms with van der Waals surface area (Å²) in [5.74, 6) is 0.739. The smallest absolute Gasteiger partial charge is 0.213 e. The summed E-state index contributed by atoms with van der Waals surface area (Å²) >= 11 is 0. The van der Waals surface area contributed by atoms with Crippen LogP contribution < -0.4 is 0 Å². The van der Waals surface area contributed by atoms with Crippen molar-refractivity contribution in [3.05, 3.63) is 36.0 Å². The van der Waals surface area contributed by atoms with Crippen molar-refractivity contribution in [3.63, 3.8) is 0 Å². The van der Waals surface area contributed by atoms with Gasteiger partial charge in [-0.2, -0.15) is 5.26 Å². The number of nitriles is 1. The van der Waals surface area contributed by atoms with Gasteiger partial charge < -0.3 is 4.74 Å². The van der Waals surface area contributed by atoms with Crippen molar-refractivity contribution in [1.29, 1.82) is 5.26 Å². The Morgan fingerprint density at radius 3 is 3.00 bits per heavy atom. The average molecular weight is 301 g/mol. The third-order valence-electron chi connectivity index (χ3n) is 4.40. The quantitative estimate of drug-likeness (QED) is 0.804. The number of allylic oxidation sites excluding steroid dienone is 2. The summed E-state index contributed by atoms with van der Waals surface area (Å²) in [6.45, 7) is 0.870. The van der Waals surface area contributed by atoms with Gasteiger partial charge in [-0.05, 0) is 13.5 Å². The molecule has 0 saturated carbocycles. The second-order valence-electron chi connectivity index (χ2n) is 6.04. The Balaban J connectivity index is 1.69. The minimum Gasteiger partial charge on any atom is -0.476 e. The summed E-state index contributed by atoms with van der Waals surface area (Å²) in [4.78, 5) is 6.61. The average Bonchev–Trinajstić information content (AvgIpc) is 2.83. The number of aliphatic imine (C=N–C) groups is 1. The molecular formula is C17H20FN3O. The maximum absolute atomic E-state index is 13.4. The normalized spacial score (nSPS) is 33.9. The van der Waals surface area contributed by atoms with Crippen LogP contribution in [0.15, 0.2) is 40.9 Å². The molecule has 3 aliphatic rings. The predicted molar refractivity (Wildman–Crippen MR) is 83.2 cm³/mol. The lowest BCUT2D eigenvalue weighted by atomic mass is 9.90. The van der Waals surface area contributed by atoms with Crippen LogP contribution in [0.3, 0.4) is 0 Å². The van der Waals surface area contributed by atoms with Crippen molar-refractivity contribution in [2.75, 3.05) is 20.2 Å². The SMILES string of the molecule is CN1C[C@H](F)C[C@H]1COC1=NC2C=CC=CC2C=C1CC#N. The molecule has 4 nitrogen and oxygen atoms in total. The Morgan fingerprint density at radius 1 is 1.45 bits per heavy atom. The van der Waals surface area contributed by atoms with Crippen LogP contribution in [0.1, 0.15) is 12.8 Å². The molecular weight excluding hydrogens is 281 g/mol. The van der Waals surface area contributed by atoms with Gasteiger partial charge >= 0.3 is 0 Å². The number of ether oxygens (including phenoxy) is 1. The number of hydrogen-bond donors (Lipinski definition) is 0. The number of likely N-dealkylation sites (tertiary alicyclic amines) is 1. The van der Waals surface area contributed by atoms with Crippen molar-refractivity contribution in [3.8, 4) is 6.07 Å². The number of rotatable bonds is 3. The van der Waals surface area contributed by atoms with Crippen molar-refractivity contribution in [2.45, 2.75) is 31.1 Å². The first-order chi connectivity index (χ1) is 10.7. The van der Waals surface area contributed by atoms with Gasteiger partial charge in [0.05, 0.1) is 18.5 Å². The molecule has 4 atom stereocenters. The second kappa shape index (κ2) is 6.45. The highest BCUT2D eigenvalue weighted by Gasteiger charge is 2.31. The number of halogens is 1. The summed E-state index contributed by atoms with van der Waals surface area (Å²) in [5.41, 5.74) is 0.834. The molecule has 116 valence electrons. The Hall–Kier alpha value is -1.93. The van der Waals surface area contributed by atoms with Gasteiger partial charge in [0.15, 0.2) is 0 Å². The molecule has 22 heavy (non-hydrogen) atoms. The van der Waals surface area contributed by atoms with Crippen LogP contribution in [0.5, 0.6) is 0 Å². The number of fused-ring (bicyclic) bond motifs is 1. The lowest BCUT2D eigenvalue weighted by molar-refractivity contribution is 0.188. The van der Waals surface area contributed by atoms with Gasteiger partial charge in [-0.1, -0.05) is 30.4 Å². The Labute approximate surface area is 130 Å². The Morgan fingerprint density at radius 2 is 2.27 bits per heavy atom. The van der Waals surface area contributed by atoms with Gasteiger partial charge in [0.25, 0.3) is 0 Å². The third kappa shape index (κ3) is 3.12. The highest BCUT2D eigenvalue weighted by molar-refractivity contribution is 5.95. The standard InChI is InChI=1S/C17H20FN3O/c1-21-10-14(18)9-15(21)11-22-17-13(6-7-19)8-12-4-2-3-5-16(12)20-17/h2-5,8,12,14-16H,6,9-11H2,1H3/t12?,14-,15+,16?/m1/s1. The third-order valence-corrected chi connectivity index (χ3v) is 4.40. The van der Waals surface area contributed by atoms with Crippen molar-refractivity contribution < 1.29 is 9.13 Å². The molecule has 0 aromatic carbocycles. The van der Waals surface area contributed by atoms with Crippen LogP contribution in [0.2, 0.25) is 0 Å². The van der Waals surface area contributed by atoms with Crippen molar-refractivity contribution >= 4 is 5.90 Å². The number of hydrogen-bond acceptors (Lipinski definition) is 4. The van der Waals surface area contributed by atoms with Crippen LogP contribution in [-0.4, -0.2) is 49.3 Å². The van der Waals surface area contributed by atoms with Gasteiger partial charge in [0.2, 0.25) is 5.90 Å². The second-order valence-corrected chi connectivity index (χ2v) is 6.04. The minimum atomic E-state index is -0.781. The van der Waals surface area contributed by atoms with Gasteiger partial charge in [0.1, 0.15) is 12.8 Å². The molecule has 1 aliphatic carbocycles. The zero-order chi connectivity index (χ0) is 15.5. The lowest BCUT2D eigenvalue weighted by Crippen LogP contribution is -2.32. The fourth-order valence-corrected chi connectivity index (χ4v) is 3.15. The molecule has 0 aromatic heterocycles. The molecule has 1 fully saturated rings. The van der Waals surface area contributed by atoms with Crippen molar-refractivity contribution in [2.24, 2.45) is 10.9 Å². The molecule has 1 saturated heterocycles. The molecule has 0 aromatic rings. The molecule has 2 heterocycles. The van der Waals surface area contributed by atoms with E-state index in [-0.39, 0.29) is 24.4 Å². The number of likely N-dealkylation sites (N-methyl/N-ethyl adjacent to an activating group) is 1. The number of nitrogens with zero attached hydrogens (tertiary/aromatic N) is 3. The predicted octanol–water partition coefficient (Wildman–Crippen LogP) is 2.41. The lowest BCUT2D eigenvalue weighted by Gasteiger charge is -2.27. The fourth-order valence-electron chi connectivity index (χ4n) is 3.15. The van der Waals surface area contributed by atoms with Gasteiger partial charge in [0, 0.05) is 24.1 Å². The fraction of sp³-hybridized carbons (Fsp3) is 0.529. The number of alkyl halides is 1. The van der Waals surface area contributed by atoms with E-state index < -0.39 is 6.17 Å². The zero-order valence-electron chi connectivity index (χ0n) is 12.7. The largest absolute Gasteiger partial charge is 0.476 e. The summed E-state index contributed by atoms with van der Waals surface area (Å²) in [5, 5.41) is 9.00. The van der Waals surface area contributed by atoms with Gasteiger partial charge in [-0.3, -0.25) is 4.90 Å². The molecule has 0 bridgehead atoms. The molecule has 3 rings (SSSR count). The molecule has 2 unspecified atom stereocenters. The highest BCUT2D eigenvalue weighted by Crippen LogP contribution is 2.27. The number of dihydropyridines is 1. The van der Waals surface area contributed by atoms with E-state index in [1.165, 1.54) is 0 Å². The van der Waals surface area contributed by atoms with Crippen LogP contribution in [0, 0.1) is 17.2 Å². The maximum atomic E-state index is 13.4. The molecule has 2 aliphatic heterocycles.